The highest BCUT2D eigenvalue weighted by atomic mass is 16.6. The van der Waals surface area contributed by atoms with E-state index in [4.69, 9.17) is 11.2 Å². The van der Waals surface area contributed by atoms with Crippen LogP contribution in [0.1, 0.15) is 36.3 Å². The van der Waals surface area contributed by atoms with Crippen LogP contribution >= 0.6 is 0 Å². The molecule has 1 atom stereocenters. The van der Waals surface area contributed by atoms with E-state index in [0.717, 1.165) is 19.4 Å². The fourth-order valence-corrected chi connectivity index (χ4v) is 4.91. The van der Waals surface area contributed by atoms with Crippen LogP contribution < -0.4 is 0 Å². The van der Waals surface area contributed by atoms with Crippen LogP contribution in [0.3, 0.4) is 0 Å². The van der Waals surface area contributed by atoms with Crippen LogP contribution in [0.2, 0.25) is 0 Å². The number of terminal acetylenes is 1. The van der Waals surface area contributed by atoms with Crippen molar-refractivity contribution in [3.63, 3.8) is 0 Å². The maximum Gasteiger partial charge on any atom is 0.410 e. The minimum absolute atomic E-state index is 0.0908. The third-order valence-corrected chi connectivity index (χ3v) is 6.45. The first kappa shape index (κ1) is 15.5. The number of carbonyl (C=O) groups is 1. The third kappa shape index (κ3) is 2.05. The molecule has 1 heterocycles. The van der Waals surface area contributed by atoms with Gasteiger partial charge in [-0.25, -0.2) is 4.79 Å². The highest BCUT2D eigenvalue weighted by Crippen LogP contribution is 2.53. The maximum absolute atomic E-state index is 12.6. The molecule has 1 amide bonds. The Morgan fingerprint density at radius 2 is 1.73 bits per heavy atom. The summed E-state index contributed by atoms with van der Waals surface area (Å²) in [4.78, 5) is 14.3. The Morgan fingerprint density at radius 1 is 1.12 bits per heavy atom. The molecular weight excluding hydrogens is 322 g/mol. The standard InChI is InChI=1S/C23H21NO2/c1-2-21-23(12-7-13-23)15-24(21)22(25)26-14-20-18-10-5-3-8-16(18)17-9-4-6-11-19(17)20/h1,3-6,8-11,20-21H,7,12-15H2. The van der Waals surface area contributed by atoms with E-state index in [2.05, 4.69) is 42.3 Å². The van der Waals surface area contributed by atoms with Crippen molar-refractivity contribution in [2.45, 2.75) is 31.2 Å². The molecule has 3 heteroatoms. The van der Waals surface area contributed by atoms with Gasteiger partial charge in [0.2, 0.25) is 0 Å². The molecule has 1 spiro atoms. The Morgan fingerprint density at radius 3 is 2.27 bits per heavy atom. The Bertz CT molecular complexity index is 876. The van der Waals surface area contributed by atoms with Gasteiger partial charge < -0.3 is 4.74 Å². The number of nitrogens with zero attached hydrogens (tertiary/aromatic N) is 1. The lowest BCUT2D eigenvalue weighted by Gasteiger charge is -2.59. The Balaban J connectivity index is 1.33. The number of ether oxygens (including phenoxy) is 1. The molecule has 0 bridgehead atoms. The molecule has 2 aliphatic carbocycles. The van der Waals surface area contributed by atoms with Gasteiger partial charge in [-0.15, -0.1) is 6.42 Å². The van der Waals surface area contributed by atoms with Gasteiger partial charge in [-0.05, 0) is 35.1 Å². The average Bonchev–Trinajstić information content (AvgIpc) is 2.92. The molecule has 3 aliphatic rings. The van der Waals surface area contributed by atoms with E-state index in [0.29, 0.717) is 6.61 Å². The number of rotatable bonds is 2. The molecule has 1 unspecified atom stereocenters. The molecule has 3 nitrogen and oxygen atoms in total. The van der Waals surface area contributed by atoms with Crippen LogP contribution in [-0.4, -0.2) is 30.2 Å². The molecule has 1 aliphatic heterocycles. The van der Waals surface area contributed by atoms with Gasteiger partial charge in [0.25, 0.3) is 0 Å². The van der Waals surface area contributed by atoms with Gasteiger partial charge in [0.1, 0.15) is 12.6 Å². The number of hydrogen-bond acceptors (Lipinski definition) is 2. The smallest absolute Gasteiger partial charge is 0.410 e. The zero-order chi connectivity index (χ0) is 17.7. The van der Waals surface area contributed by atoms with E-state index in [1.807, 2.05) is 12.1 Å². The molecule has 130 valence electrons. The Hall–Kier alpha value is -2.73. The Labute approximate surface area is 154 Å². The number of benzene rings is 2. The molecule has 0 N–H and O–H groups in total. The van der Waals surface area contributed by atoms with Gasteiger partial charge in [-0.2, -0.15) is 0 Å². The lowest BCUT2D eigenvalue weighted by molar-refractivity contribution is -0.0856. The number of amides is 1. The summed E-state index contributed by atoms with van der Waals surface area (Å²) < 4.78 is 5.73. The molecule has 0 radical (unpaired) electrons. The molecule has 1 saturated carbocycles. The SMILES string of the molecule is C#CC1N(C(=O)OCC2c3ccccc3-c3ccccc32)CC12CCC2. The van der Waals surface area contributed by atoms with Crippen LogP contribution in [0, 0.1) is 17.8 Å². The molecular formula is C23H21NO2. The zero-order valence-electron chi connectivity index (χ0n) is 14.7. The van der Waals surface area contributed by atoms with Crippen molar-refractivity contribution in [1.29, 1.82) is 0 Å². The normalized spacial score (nSPS) is 22.0. The van der Waals surface area contributed by atoms with E-state index < -0.39 is 0 Å². The average molecular weight is 343 g/mol. The zero-order valence-corrected chi connectivity index (χ0v) is 14.7. The monoisotopic (exact) mass is 343 g/mol. The summed E-state index contributed by atoms with van der Waals surface area (Å²) in [5.41, 5.74) is 5.12. The van der Waals surface area contributed by atoms with Crippen LogP contribution in [0.4, 0.5) is 4.79 Å². The lowest BCUT2D eigenvalue weighted by atomic mass is 9.58. The van der Waals surface area contributed by atoms with Crippen molar-refractivity contribution < 1.29 is 9.53 Å². The van der Waals surface area contributed by atoms with Crippen molar-refractivity contribution in [2.24, 2.45) is 5.41 Å². The number of carbonyl (C=O) groups excluding carboxylic acids is 1. The minimum atomic E-state index is -0.271. The van der Waals surface area contributed by atoms with Gasteiger partial charge in [-0.1, -0.05) is 60.9 Å². The second-order valence-corrected chi connectivity index (χ2v) is 7.72. The van der Waals surface area contributed by atoms with E-state index in [1.165, 1.54) is 28.7 Å². The van der Waals surface area contributed by atoms with Crippen LogP contribution in [0.5, 0.6) is 0 Å². The molecule has 26 heavy (non-hydrogen) atoms. The van der Waals surface area contributed by atoms with Crippen molar-refractivity contribution >= 4 is 6.09 Å². The quantitative estimate of drug-likeness (QED) is 0.755. The predicted molar refractivity (Wildman–Crippen MR) is 101 cm³/mol. The van der Waals surface area contributed by atoms with E-state index in [-0.39, 0.29) is 23.5 Å². The Kier molecular flexibility index (Phi) is 3.37. The number of fused-ring (bicyclic) bond motifs is 3. The first-order valence-electron chi connectivity index (χ1n) is 9.31. The topological polar surface area (TPSA) is 29.5 Å². The van der Waals surface area contributed by atoms with Gasteiger partial charge in [0.15, 0.2) is 0 Å². The van der Waals surface area contributed by atoms with Gasteiger partial charge >= 0.3 is 6.09 Å². The van der Waals surface area contributed by atoms with E-state index in [9.17, 15) is 4.79 Å². The number of likely N-dealkylation sites (tertiary alicyclic amines) is 1. The van der Waals surface area contributed by atoms with Crippen LogP contribution in [-0.2, 0) is 4.74 Å². The molecule has 2 aromatic carbocycles. The summed E-state index contributed by atoms with van der Waals surface area (Å²) in [5, 5.41) is 0. The molecule has 2 aromatic rings. The van der Waals surface area contributed by atoms with Crippen LogP contribution in [0.15, 0.2) is 48.5 Å². The fraction of sp³-hybridized carbons (Fsp3) is 0.348. The third-order valence-electron chi connectivity index (χ3n) is 6.45. The van der Waals surface area contributed by atoms with Crippen molar-refractivity contribution in [2.75, 3.05) is 13.2 Å². The van der Waals surface area contributed by atoms with Gasteiger partial charge in [0.05, 0.1) is 0 Å². The van der Waals surface area contributed by atoms with Gasteiger partial charge in [0, 0.05) is 17.9 Å². The van der Waals surface area contributed by atoms with Crippen LogP contribution in [0.25, 0.3) is 11.1 Å². The van der Waals surface area contributed by atoms with Crippen molar-refractivity contribution in [3.8, 4) is 23.5 Å². The summed E-state index contributed by atoms with van der Waals surface area (Å²) in [6, 6.07) is 16.6. The summed E-state index contributed by atoms with van der Waals surface area (Å²) >= 11 is 0. The lowest BCUT2D eigenvalue weighted by Crippen LogP contribution is -2.68. The summed E-state index contributed by atoms with van der Waals surface area (Å²) in [7, 11) is 0. The first-order chi connectivity index (χ1) is 12.7. The second-order valence-electron chi connectivity index (χ2n) is 7.72. The highest BCUT2D eigenvalue weighted by Gasteiger charge is 2.57. The largest absolute Gasteiger partial charge is 0.448 e. The van der Waals surface area contributed by atoms with E-state index in [1.54, 1.807) is 4.90 Å². The first-order valence-corrected chi connectivity index (χ1v) is 9.31. The maximum atomic E-state index is 12.6. The molecule has 1 saturated heterocycles. The van der Waals surface area contributed by atoms with Gasteiger partial charge in [-0.3, -0.25) is 4.90 Å². The second kappa shape index (κ2) is 5.64. The minimum Gasteiger partial charge on any atom is -0.448 e. The van der Waals surface area contributed by atoms with E-state index >= 15 is 0 Å². The highest BCUT2D eigenvalue weighted by molar-refractivity contribution is 5.79. The molecule has 2 fully saturated rings. The molecule has 5 rings (SSSR count). The number of hydrogen-bond donors (Lipinski definition) is 0. The fourth-order valence-electron chi connectivity index (χ4n) is 4.91. The molecule has 0 aromatic heterocycles. The predicted octanol–water partition coefficient (Wildman–Crippen LogP) is 4.42. The summed E-state index contributed by atoms with van der Waals surface area (Å²) in [6.07, 6.45) is 8.91. The summed E-state index contributed by atoms with van der Waals surface area (Å²) in [5.74, 6) is 2.90. The summed E-state index contributed by atoms with van der Waals surface area (Å²) in [6.45, 7) is 1.10. The van der Waals surface area contributed by atoms with Crippen molar-refractivity contribution in [1.82, 2.24) is 4.90 Å². The van der Waals surface area contributed by atoms with Crippen molar-refractivity contribution in [3.05, 3.63) is 59.7 Å².